The van der Waals surface area contributed by atoms with E-state index in [1.807, 2.05) is 0 Å². The van der Waals surface area contributed by atoms with Crippen molar-refractivity contribution in [1.82, 2.24) is 5.32 Å². The minimum Gasteiger partial charge on any atom is -0.353 e. The molecule has 2 rings (SSSR count). The van der Waals surface area contributed by atoms with Crippen LogP contribution in [-0.2, 0) is 4.79 Å². The summed E-state index contributed by atoms with van der Waals surface area (Å²) >= 11 is 0. The topological polar surface area (TPSA) is 55.1 Å². The van der Waals surface area contributed by atoms with Gasteiger partial charge in [0.2, 0.25) is 5.91 Å². The standard InChI is InChI=1S/C16H30N2O/c1-11-7-12(2)9-14(8-11)18-16(19)10-13-5-3-4-6-15(13)17/h11-15H,3-10,17H2,1-2H3,(H,18,19). The van der Waals surface area contributed by atoms with E-state index in [1.54, 1.807) is 0 Å². The van der Waals surface area contributed by atoms with Gasteiger partial charge >= 0.3 is 0 Å². The molecule has 2 aliphatic rings. The van der Waals surface area contributed by atoms with E-state index in [2.05, 4.69) is 19.2 Å². The van der Waals surface area contributed by atoms with Crippen LogP contribution in [0.4, 0.5) is 0 Å². The molecule has 0 radical (unpaired) electrons. The van der Waals surface area contributed by atoms with E-state index in [1.165, 1.54) is 19.3 Å². The first kappa shape index (κ1) is 14.8. The normalized spacial score (nSPS) is 39.8. The molecule has 110 valence electrons. The molecule has 2 saturated carbocycles. The summed E-state index contributed by atoms with van der Waals surface area (Å²) < 4.78 is 0. The van der Waals surface area contributed by atoms with Gasteiger partial charge in [0.15, 0.2) is 0 Å². The minimum absolute atomic E-state index is 0.230. The lowest BCUT2D eigenvalue weighted by atomic mass is 9.80. The highest BCUT2D eigenvalue weighted by molar-refractivity contribution is 5.76. The molecule has 0 aliphatic heterocycles. The molecule has 0 bridgehead atoms. The van der Waals surface area contributed by atoms with Gasteiger partial charge in [-0.2, -0.15) is 0 Å². The second-order valence-electron chi connectivity index (χ2n) is 7.09. The van der Waals surface area contributed by atoms with Crippen molar-refractivity contribution in [2.24, 2.45) is 23.5 Å². The van der Waals surface area contributed by atoms with Crippen molar-refractivity contribution in [2.75, 3.05) is 0 Å². The van der Waals surface area contributed by atoms with Gasteiger partial charge in [-0.05, 0) is 49.9 Å². The van der Waals surface area contributed by atoms with Crippen LogP contribution in [-0.4, -0.2) is 18.0 Å². The van der Waals surface area contributed by atoms with Gasteiger partial charge in [0.05, 0.1) is 0 Å². The van der Waals surface area contributed by atoms with Crippen LogP contribution in [0.5, 0.6) is 0 Å². The number of nitrogens with two attached hydrogens (primary N) is 1. The molecule has 0 saturated heterocycles. The Morgan fingerprint density at radius 1 is 1.11 bits per heavy atom. The highest BCUT2D eigenvalue weighted by atomic mass is 16.1. The molecule has 3 heteroatoms. The van der Waals surface area contributed by atoms with Crippen LogP contribution in [0.15, 0.2) is 0 Å². The molecule has 1 amide bonds. The van der Waals surface area contributed by atoms with Crippen molar-refractivity contribution in [3.05, 3.63) is 0 Å². The first-order chi connectivity index (χ1) is 9.04. The Hall–Kier alpha value is -0.570. The van der Waals surface area contributed by atoms with Gasteiger partial charge < -0.3 is 11.1 Å². The van der Waals surface area contributed by atoms with Crippen molar-refractivity contribution in [3.8, 4) is 0 Å². The Labute approximate surface area is 117 Å². The average molecular weight is 266 g/mol. The van der Waals surface area contributed by atoms with E-state index in [9.17, 15) is 4.79 Å². The van der Waals surface area contributed by atoms with E-state index in [-0.39, 0.29) is 11.9 Å². The number of carbonyl (C=O) groups excluding carboxylic acids is 1. The van der Waals surface area contributed by atoms with Crippen molar-refractivity contribution in [1.29, 1.82) is 0 Å². The monoisotopic (exact) mass is 266 g/mol. The fourth-order valence-electron chi connectivity index (χ4n) is 4.08. The van der Waals surface area contributed by atoms with E-state index in [4.69, 9.17) is 5.73 Å². The number of hydrogen-bond donors (Lipinski definition) is 2. The lowest BCUT2D eigenvalue weighted by Gasteiger charge is -2.33. The molecule has 0 heterocycles. The van der Waals surface area contributed by atoms with Gasteiger partial charge in [0.1, 0.15) is 0 Å². The largest absolute Gasteiger partial charge is 0.353 e. The third-order valence-corrected chi connectivity index (χ3v) is 4.96. The molecule has 3 nitrogen and oxygen atoms in total. The van der Waals surface area contributed by atoms with Crippen LogP contribution < -0.4 is 11.1 Å². The lowest BCUT2D eigenvalue weighted by Crippen LogP contribution is -2.43. The summed E-state index contributed by atoms with van der Waals surface area (Å²) in [6.45, 7) is 4.59. The summed E-state index contributed by atoms with van der Waals surface area (Å²) in [6, 6.07) is 0.634. The molecule has 0 aromatic carbocycles. The molecule has 3 N–H and O–H groups in total. The predicted molar refractivity (Wildman–Crippen MR) is 78.7 cm³/mol. The summed E-state index contributed by atoms with van der Waals surface area (Å²) in [6.07, 6.45) is 8.93. The molecule has 0 aromatic heterocycles. The van der Waals surface area contributed by atoms with E-state index >= 15 is 0 Å². The smallest absolute Gasteiger partial charge is 0.220 e. The van der Waals surface area contributed by atoms with Crippen LogP contribution in [0.1, 0.15) is 65.2 Å². The Balaban J connectivity index is 1.77. The molecule has 4 unspecified atom stereocenters. The maximum atomic E-state index is 12.2. The van der Waals surface area contributed by atoms with Gasteiger partial charge in [-0.1, -0.05) is 26.7 Å². The summed E-state index contributed by atoms with van der Waals surface area (Å²) in [4.78, 5) is 12.2. The van der Waals surface area contributed by atoms with Crippen LogP contribution in [0.25, 0.3) is 0 Å². The molecule has 0 aromatic rings. The summed E-state index contributed by atoms with van der Waals surface area (Å²) in [5, 5.41) is 3.25. The zero-order valence-electron chi connectivity index (χ0n) is 12.5. The fraction of sp³-hybridized carbons (Fsp3) is 0.938. The van der Waals surface area contributed by atoms with Crippen molar-refractivity contribution >= 4 is 5.91 Å². The van der Waals surface area contributed by atoms with E-state index in [0.717, 1.165) is 37.5 Å². The quantitative estimate of drug-likeness (QED) is 0.825. The summed E-state index contributed by atoms with van der Waals surface area (Å²) in [7, 11) is 0. The molecular weight excluding hydrogens is 236 g/mol. The lowest BCUT2D eigenvalue weighted by molar-refractivity contribution is -0.123. The Morgan fingerprint density at radius 2 is 1.74 bits per heavy atom. The molecule has 4 atom stereocenters. The van der Waals surface area contributed by atoms with Crippen molar-refractivity contribution < 1.29 is 4.79 Å². The Morgan fingerprint density at radius 3 is 2.37 bits per heavy atom. The molecule has 2 aliphatic carbocycles. The zero-order chi connectivity index (χ0) is 13.8. The number of hydrogen-bond acceptors (Lipinski definition) is 2. The highest BCUT2D eigenvalue weighted by Crippen LogP contribution is 2.29. The number of amides is 1. The van der Waals surface area contributed by atoms with E-state index in [0.29, 0.717) is 18.4 Å². The molecule has 2 fully saturated rings. The SMILES string of the molecule is CC1CC(C)CC(NC(=O)CC2CCCCC2N)C1. The third-order valence-electron chi connectivity index (χ3n) is 4.96. The first-order valence-corrected chi connectivity index (χ1v) is 8.09. The highest BCUT2D eigenvalue weighted by Gasteiger charge is 2.28. The Bertz CT molecular complexity index is 295. The second-order valence-corrected chi connectivity index (χ2v) is 7.09. The minimum atomic E-state index is 0.230. The number of carbonyl (C=O) groups is 1. The number of nitrogens with one attached hydrogen (secondary N) is 1. The first-order valence-electron chi connectivity index (χ1n) is 8.09. The second kappa shape index (κ2) is 6.74. The summed E-state index contributed by atoms with van der Waals surface area (Å²) in [5.74, 6) is 2.12. The fourth-order valence-corrected chi connectivity index (χ4v) is 4.08. The van der Waals surface area contributed by atoms with Gasteiger partial charge in [0, 0.05) is 18.5 Å². The van der Waals surface area contributed by atoms with Gasteiger partial charge in [0.25, 0.3) is 0 Å². The zero-order valence-corrected chi connectivity index (χ0v) is 12.5. The van der Waals surface area contributed by atoms with Gasteiger partial charge in [-0.3, -0.25) is 4.79 Å². The van der Waals surface area contributed by atoms with Crippen molar-refractivity contribution in [3.63, 3.8) is 0 Å². The molecular formula is C16H30N2O. The maximum absolute atomic E-state index is 12.2. The van der Waals surface area contributed by atoms with E-state index < -0.39 is 0 Å². The van der Waals surface area contributed by atoms with Crippen LogP contribution >= 0.6 is 0 Å². The maximum Gasteiger partial charge on any atom is 0.220 e. The average Bonchev–Trinajstić information content (AvgIpc) is 2.30. The molecule has 0 spiro atoms. The van der Waals surface area contributed by atoms with Crippen LogP contribution in [0.3, 0.4) is 0 Å². The predicted octanol–water partition coefficient (Wildman–Crippen LogP) is 2.83. The Kier molecular flexibility index (Phi) is 5.26. The molecule has 19 heavy (non-hydrogen) atoms. The number of rotatable bonds is 3. The van der Waals surface area contributed by atoms with Crippen LogP contribution in [0, 0.1) is 17.8 Å². The van der Waals surface area contributed by atoms with Crippen LogP contribution in [0.2, 0.25) is 0 Å². The van der Waals surface area contributed by atoms with Gasteiger partial charge in [-0.15, -0.1) is 0 Å². The summed E-state index contributed by atoms with van der Waals surface area (Å²) in [5.41, 5.74) is 6.12. The van der Waals surface area contributed by atoms with Gasteiger partial charge in [-0.25, -0.2) is 0 Å². The van der Waals surface area contributed by atoms with Crippen molar-refractivity contribution in [2.45, 2.75) is 77.3 Å². The third kappa shape index (κ3) is 4.48.